The summed E-state index contributed by atoms with van der Waals surface area (Å²) in [7, 11) is 0. The number of aliphatic hydroxyl groups is 1. The first-order chi connectivity index (χ1) is 7.02. The summed E-state index contributed by atoms with van der Waals surface area (Å²) < 4.78 is 5.23. The number of hydrogen-bond acceptors (Lipinski definition) is 3. The van der Waals surface area contributed by atoms with Crippen LogP contribution in [0.5, 0.6) is 0 Å². The van der Waals surface area contributed by atoms with Gasteiger partial charge >= 0.3 is 0 Å². The van der Waals surface area contributed by atoms with Crippen LogP contribution >= 0.6 is 0 Å². The highest BCUT2D eigenvalue weighted by Crippen LogP contribution is 2.11. The van der Waals surface area contributed by atoms with Crippen molar-refractivity contribution >= 4 is 0 Å². The Morgan fingerprint density at radius 3 is 2.67 bits per heavy atom. The molecular weight excluding hydrogens is 190 g/mol. The minimum absolute atomic E-state index is 0.678. The van der Waals surface area contributed by atoms with Gasteiger partial charge in [0.1, 0.15) is 5.60 Å². The van der Waals surface area contributed by atoms with Crippen LogP contribution < -0.4 is 0 Å². The quantitative estimate of drug-likeness (QED) is 0.535. The maximum absolute atomic E-state index is 9.80. The third kappa shape index (κ3) is 4.05. The van der Waals surface area contributed by atoms with Crippen molar-refractivity contribution in [3.05, 3.63) is 12.2 Å². The maximum atomic E-state index is 9.80. The third-order valence-corrected chi connectivity index (χ3v) is 2.57. The van der Waals surface area contributed by atoms with Crippen LogP contribution in [0.15, 0.2) is 12.2 Å². The van der Waals surface area contributed by atoms with Crippen LogP contribution in [-0.4, -0.2) is 48.5 Å². The molecule has 1 aliphatic rings. The molecule has 0 saturated carbocycles. The lowest BCUT2D eigenvalue weighted by molar-refractivity contribution is 0.0443. The van der Waals surface area contributed by atoms with Crippen molar-refractivity contribution < 1.29 is 9.84 Å². The van der Waals surface area contributed by atoms with E-state index in [1.165, 1.54) is 0 Å². The Kier molecular flexibility index (Phi) is 4.34. The smallest absolute Gasteiger partial charge is 0.143 e. The summed E-state index contributed by atoms with van der Waals surface area (Å²) in [5, 5.41) is 9.80. The van der Waals surface area contributed by atoms with E-state index in [4.69, 9.17) is 4.74 Å². The fourth-order valence-electron chi connectivity index (χ4n) is 1.19. The van der Waals surface area contributed by atoms with E-state index in [1.807, 2.05) is 0 Å². The molecule has 0 aromatic rings. The summed E-state index contributed by atoms with van der Waals surface area (Å²) in [6.07, 6.45) is 0. The molecule has 1 aliphatic heterocycles. The van der Waals surface area contributed by atoms with Gasteiger partial charge in [-0.25, -0.2) is 0 Å². The molecule has 1 heterocycles. The van der Waals surface area contributed by atoms with Crippen molar-refractivity contribution in [2.24, 2.45) is 0 Å². The molecule has 0 aromatic carbocycles. The van der Waals surface area contributed by atoms with Gasteiger partial charge < -0.3 is 9.84 Å². The average molecular weight is 209 g/mol. The van der Waals surface area contributed by atoms with E-state index in [0.717, 1.165) is 26.3 Å². The molecule has 84 valence electrons. The predicted octanol–water partition coefficient (Wildman–Crippen LogP) is 0.649. The lowest BCUT2D eigenvalue weighted by atomic mass is 10.00. The first-order valence-electron chi connectivity index (χ1n) is 5.21. The Labute approximate surface area is 91.7 Å². The molecule has 3 heteroatoms. The monoisotopic (exact) mass is 209 g/mol. The molecule has 15 heavy (non-hydrogen) atoms. The van der Waals surface area contributed by atoms with Crippen LogP contribution in [0.4, 0.5) is 0 Å². The average Bonchev–Trinajstić information content (AvgIpc) is 2.19. The van der Waals surface area contributed by atoms with Crippen LogP contribution in [0, 0.1) is 11.8 Å². The van der Waals surface area contributed by atoms with Gasteiger partial charge in [-0.15, -0.1) is 0 Å². The molecule has 1 unspecified atom stereocenters. The minimum atomic E-state index is -1.06. The van der Waals surface area contributed by atoms with E-state index in [2.05, 4.69) is 23.3 Å². The second-order valence-corrected chi connectivity index (χ2v) is 4.04. The molecule has 0 aromatic heterocycles. The van der Waals surface area contributed by atoms with Gasteiger partial charge in [0.05, 0.1) is 19.8 Å². The van der Waals surface area contributed by atoms with Gasteiger partial charge in [0.25, 0.3) is 0 Å². The van der Waals surface area contributed by atoms with Crippen molar-refractivity contribution in [3.63, 3.8) is 0 Å². The Morgan fingerprint density at radius 1 is 1.53 bits per heavy atom. The van der Waals surface area contributed by atoms with E-state index < -0.39 is 5.60 Å². The Hall–Kier alpha value is -0.820. The van der Waals surface area contributed by atoms with Crippen molar-refractivity contribution in [2.75, 3.05) is 32.8 Å². The number of rotatable bonds is 2. The molecule has 1 atom stereocenters. The molecule has 0 spiro atoms. The van der Waals surface area contributed by atoms with E-state index in [-0.39, 0.29) is 0 Å². The van der Waals surface area contributed by atoms with Crippen LogP contribution in [0.25, 0.3) is 0 Å². The van der Waals surface area contributed by atoms with Crippen molar-refractivity contribution in [2.45, 2.75) is 19.4 Å². The van der Waals surface area contributed by atoms with Gasteiger partial charge in [-0.1, -0.05) is 18.4 Å². The fraction of sp³-hybridized carbons (Fsp3) is 0.667. The normalized spacial score (nSPS) is 21.3. The number of hydrogen-bond donors (Lipinski definition) is 1. The molecular formula is C12H19NO2. The second kappa shape index (κ2) is 5.32. The lowest BCUT2D eigenvalue weighted by Gasteiger charge is -2.24. The maximum Gasteiger partial charge on any atom is 0.143 e. The summed E-state index contributed by atoms with van der Waals surface area (Å²) in [6.45, 7) is 11.2. The number of nitrogens with zero attached hydrogens (tertiary/aromatic N) is 1. The predicted molar refractivity (Wildman–Crippen MR) is 60.5 cm³/mol. The summed E-state index contributed by atoms with van der Waals surface area (Å²) >= 11 is 0. The lowest BCUT2D eigenvalue weighted by Crippen LogP contribution is -2.36. The van der Waals surface area contributed by atoms with Gasteiger partial charge in [0.2, 0.25) is 0 Å². The molecule has 1 N–H and O–H groups in total. The zero-order chi connectivity index (χ0) is 11.3. The Balaban J connectivity index is 2.41. The van der Waals surface area contributed by atoms with Crippen LogP contribution in [0.1, 0.15) is 13.8 Å². The van der Waals surface area contributed by atoms with Crippen LogP contribution in [0.3, 0.4) is 0 Å². The zero-order valence-electron chi connectivity index (χ0n) is 9.55. The molecule has 0 amide bonds. The molecule has 1 rings (SSSR count). The van der Waals surface area contributed by atoms with E-state index in [1.54, 1.807) is 13.8 Å². The Bertz CT molecular complexity index is 280. The SMILES string of the molecule is C=C(C)C(C)(O)C#CCN1CCOCC1. The number of ether oxygens (including phenoxy) is 1. The van der Waals surface area contributed by atoms with Crippen molar-refractivity contribution in [1.82, 2.24) is 4.90 Å². The second-order valence-electron chi connectivity index (χ2n) is 4.04. The zero-order valence-corrected chi connectivity index (χ0v) is 9.55. The molecule has 3 nitrogen and oxygen atoms in total. The van der Waals surface area contributed by atoms with Gasteiger partial charge in [0, 0.05) is 13.1 Å². The van der Waals surface area contributed by atoms with E-state index in [9.17, 15) is 5.11 Å². The molecule has 0 bridgehead atoms. The molecule has 1 fully saturated rings. The third-order valence-electron chi connectivity index (χ3n) is 2.57. The first kappa shape index (κ1) is 12.3. The standard InChI is InChI=1S/C12H19NO2/c1-11(2)12(3,14)5-4-6-13-7-9-15-10-8-13/h14H,1,6-10H2,2-3H3. The summed E-state index contributed by atoms with van der Waals surface area (Å²) in [4.78, 5) is 2.21. The fourth-order valence-corrected chi connectivity index (χ4v) is 1.19. The van der Waals surface area contributed by atoms with Crippen LogP contribution in [-0.2, 0) is 4.74 Å². The van der Waals surface area contributed by atoms with Crippen molar-refractivity contribution in [3.8, 4) is 11.8 Å². The highest BCUT2D eigenvalue weighted by Gasteiger charge is 2.17. The van der Waals surface area contributed by atoms with Gasteiger partial charge in [-0.3, -0.25) is 4.90 Å². The van der Waals surface area contributed by atoms with Gasteiger partial charge in [-0.05, 0) is 19.4 Å². The summed E-state index contributed by atoms with van der Waals surface area (Å²) in [6, 6.07) is 0. The van der Waals surface area contributed by atoms with E-state index >= 15 is 0 Å². The molecule has 0 radical (unpaired) electrons. The van der Waals surface area contributed by atoms with Gasteiger partial charge in [-0.2, -0.15) is 0 Å². The minimum Gasteiger partial charge on any atom is -0.379 e. The highest BCUT2D eigenvalue weighted by molar-refractivity contribution is 5.26. The topological polar surface area (TPSA) is 32.7 Å². The Morgan fingerprint density at radius 2 is 2.13 bits per heavy atom. The largest absolute Gasteiger partial charge is 0.379 e. The highest BCUT2D eigenvalue weighted by atomic mass is 16.5. The molecule has 0 aliphatic carbocycles. The summed E-state index contributed by atoms with van der Waals surface area (Å²) in [5.41, 5.74) is -0.385. The first-order valence-corrected chi connectivity index (χ1v) is 5.21. The van der Waals surface area contributed by atoms with Crippen LogP contribution in [0.2, 0.25) is 0 Å². The van der Waals surface area contributed by atoms with Gasteiger partial charge in [0.15, 0.2) is 0 Å². The number of morpholine rings is 1. The summed E-state index contributed by atoms with van der Waals surface area (Å²) in [5.74, 6) is 5.82. The van der Waals surface area contributed by atoms with E-state index in [0.29, 0.717) is 12.1 Å². The van der Waals surface area contributed by atoms with Crippen molar-refractivity contribution in [1.29, 1.82) is 0 Å². The molecule has 1 saturated heterocycles.